The lowest BCUT2D eigenvalue weighted by Crippen LogP contribution is -2.26. The van der Waals surface area contributed by atoms with Gasteiger partial charge in [-0.05, 0) is 25.0 Å². The Balaban J connectivity index is 2.30. The molecule has 0 atom stereocenters. The number of carbonyl (C=O) groups is 1. The average Bonchev–Trinajstić information content (AvgIpc) is 3.31. The molecule has 0 spiro atoms. The molecule has 1 fully saturated rings. The Morgan fingerprint density at radius 3 is 2.33 bits per heavy atom. The number of nitriles is 3. The van der Waals surface area contributed by atoms with Crippen molar-refractivity contribution >= 4 is 11.6 Å². The first kappa shape index (κ1) is 14.1. The number of rotatable bonds is 4. The molecule has 1 amide bonds. The van der Waals surface area contributed by atoms with E-state index in [9.17, 15) is 4.79 Å². The van der Waals surface area contributed by atoms with Crippen molar-refractivity contribution in [3.8, 4) is 18.2 Å². The Labute approximate surface area is 121 Å². The summed E-state index contributed by atoms with van der Waals surface area (Å²) in [6.45, 7) is 0. The van der Waals surface area contributed by atoms with Gasteiger partial charge in [0.2, 0.25) is 0 Å². The zero-order chi connectivity index (χ0) is 15.2. The SMILES string of the molecule is N#CC(C#N)=C(C#N)Nc1ccccc1C(=O)NC1CC1. The highest BCUT2D eigenvalue weighted by Gasteiger charge is 2.25. The molecule has 0 radical (unpaired) electrons. The minimum Gasteiger partial charge on any atom is -0.349 e. The normalized spacial score (nSPS) is 12.2. The smallest absolute Gasteiger partial charge is 0.253 e. The highest BCUT2D eigenvalue weighted by molar-refractivity contribution is 6.00. The molecule has 21 heavy (non-hydrogen) atoms. The van der Waals surface area contributed by atoms with E-state index in [1.54, 1.807) is 42.5 Å². The van der Waals surface area contributed by atoms with Crippen molar-refractivity contribution in [2.24, 2.45) is 0 Å². The van der Waals surface area contributed by atoms with Crippen LogP contribution < -0.4 is 10.6 Å². The molecule has 1 aromatic rings. The van der Waals surface area contributed by atoms with Gasteiger partial charge in [0.25, 0.3) is 5.91 Å². The van der Waals surface area contributed by atoms with Gasteiger partial charge in [0.15, 0.2) is 5.57 Å². The van der Waals surface area contributed by atoms with Gasteiger partial charge >= 0.3 is 0 Å². The minimum atomic E-state index is -0.324. The van der Waals surface area contributed by atoms with Crippen LogP contribution in [0.1, 0.15) is 23.2 Å². The third kappa shape index (κ3) is 3.37. The first-order valence-corrected chi connectivity index (χ1v) is 6.31. The van der Waals surface area contributed by atoms with E-state index in [4.69, 9.17) is 15.8 Å². The maximum atomic E-state index is 12.1. The lowest BCUT2D eigenvalue weighted by molar-refractivity contribution is 0.0952. The topological polar surface area (TPSA) is 112 Å². The Morgan fingerprint density at radius 1 is 1.10 bits per heavy atom. The van der Waals surface area contributed by atoms with E-state index in [2.05, 4.69) is 10.6 Å². The molecule has 1 saturated carbocycles. The number of nitrogens with zero attached hydrogens (tertiary/aromatic N) is 3. The highest BCUT2D eigenvalue weighted by atomic mass is 16.1. The molecule has 0 heterocycles. The van der Waals surface area contributed by atoms with E-state index in [-0.39, 0.29) is 23.2 Å². The standard InChI is InChI=1S/C15H11N5O/c16-7-10(8-17)14(9-18)20-13-4-2-1-3-12(13)15(21)19-11-5-6-11/h1-4,11,20H,5-6H2,(H,19,21). The van der Waals surface area contributed by atoms with Crippen molar-refractivity contribution in [2.45, 2.75) is 18.9 Å². The summed E-state index contributed by atoms with van der Waals surface area (Å²) in [7, 11) is 0. The van der Waals surface area contributed by atoms with Gasteiger partial charge < -0.3 is 10.6 Å². The van der Waals surface area contributed by atoms with Gasteiger partial charge in [0.1, 0.15) is 23.9 Å². The van der Waals surface area contributed by atoms with E-state index >= 15 is 0 Å². The minimum absolute atomic E-state index is 0.174. The summed E-state index contributed by atoms with van der Waals surface area (Å²) in [5.41, 5.74) is 0.254. The van der Waals surface area contributed by atoms with Crippen LogP contribution in [0.5, 0.6) is 0 Å². The Bertz CT molecular complexity index is 710. The molecule has 6 heteroatoms. The van der Waals surface area contributed by atoms with Crippen LogP contribution >= 0.6 is 0 Å². The second kappa shape index (κ2) is 6.23. The molecule has 1 aliphatic carbocycles. The van der Waals surface area contributed by atoms with Crippen molar-refractivity contribution < 1.29 is 4.79 Å². The third-order valence-corrected chi connectivity index (χ3v) is 2.93. The number of benzene rings is 1. The molecule has 0 aromatic heterocycles. The summed E-state index contributed by atoms with van der Waals surface area (Å²) < 4.78 is 0. The quantitative estimate of drug-likeness (QED) is 0.815. The van der Waals surface area contributed by atoms with Gasteiger partial charge in [0, 0.05) is 6.04 Å². The van der Waals surface area contributed by atoms with Crippen LogP contribution in [0, 0.1) is 34.0 Å². The van der Waals surface area contributed by atoms with E-state index in [0.29, 0.717) is 11.3 Å². The van der Waals surface area contributed by atoms with Crippen molar-refractivity contribution in [1.82, 2.24) is 5.32 Å². The molecular weight excluding hydrogens is 266 g/mol. The van der Waals surface area contributed by atoms with Crippen LogP contribution in [0.2, 0.25) is 0 Å². The Hall–Kier alpha value is -3.30. The van der Waals surface area contributed by atoms with Crippen LogP contribution in [0.3, 0.4) is 0 Å². The lowest BCUT2D eigenvalue weighted by atomic mass is 10.1. The monoisotopic (exact) mass is 277 g/mol. The molecule has 1 aliphatic rings. The lowest BCUT2D eigenvalue weighted by Gasteiger charge is -2.11. The van der Waals surface area contributed by atoms with Gasteiger partial charge in [-0.3, -0.25) is 4.79 Å². The van der Waals surface area contributed by atoms with Crippen LogP contribution in [0.4, 0.5) is 5.69 Å². The number of nitrogens with one attached hydrogen (secondary N) is 2. The fourth-order valence-corrected chi connectivity index (χ4v) is 1.70. The molecule has 1 aromatic carbocycles. The maximum Gasteiger partial charge on any atom is 0.253 e. The first-order valence-electron chi connectivity index (χ1n) is 6.31. The zero-order valence-electron chi connectivity index (χ0n) is 11.1. The fourth-order valence-electron chi connectivity index (χ4n) is 1.70. The summed E-state index contributed by atoms with van der Waals surface area (Å²) in [6, 6.07) is 11.9. The summed E-state index contributed by atoms with van der Waals surface area (Å²) in [4.78, 5) is 12.1. The van der Waals surface area contributed by atoms with Crippen LogP contribution in [0.25, 0.3) is 0 Å². The Morgan fingerprint density at radius 2 is 1.76 bits per heavy atom. The molecule has 6 nitrogen and oxygen atoms in total. The van der Waals surface area contributed by atoms with E-state index in [0.717, 1.165) is 12.8 Å². The second-order valence-electron chi connectivity index (χ2n) is 4.50. The number of carbonyl (C=O) groups excluding carboxylic acids is 1. The van der Waals surface area contributed by atoms with Gasteiger partial charge in [0.05, 0.1) is 11.3 Å². The predicted octanol–water partition coefficient (Wildman–Crippen LogP) is 1.82. The molecule has 0 bridgehead atoms. The molecule has 102 valence electrons. The van der Waals surface area contributed by atoms with E-state index in [1.807, 2.05) is 0 Å². The van der Waals surface area contributed by atoms with Crippen LogP contribution in [-0.4, -0.2) is 11.9 Å². The number of anilines is 1. The first-order chi connectivity index (χ1) is 10.2. The predicted molar refractivity (Wildman–Crippen MR) is 74.4 cm³/mol. The zero-order valence-corrected chi connectivity index (χ0v) is 11.1. The Kier molecular flexibility index (Phi) is 4.19. The largest absolute Gasteiger partial charge is 0.349 e. The second-order valence-corrected chi connectivity index (χ2v) is 4.50. The van der Waals surface area contributed by atoms with Crippen molar-refractivity contribution in [3.05, 3.63) is 41.1 Å². The van der Waals surface area contributed by atoms with E-state index in [1.165, 1.54) is 0 Å². The maximum absolute atomic E-state index is 12.1. The van der Waals surface area contributed by atoms with Gasteiger partial charge in [-0.25, -0.2) is 0 Å². The molecule has 2 rings (SSSR count). The summed E-state index contributed by atoms with van der Waals surface area (Å²) in [6.07, 6.45) is 1.94. The summed E-state index contributed by atoms with van der Waals surface area (Å²) in [5.74, 6) is -0.242. The molecule has 0 aliphatic heterocycles. The molecule has 2 N–H and O–H groups in total. The molecule has 0 saturated heterocycles. The van der Waals surface area contributed by atoms with Crippen LogP contribution in [-0.2, 0) is 0 Å². The fraction of sp³-hybridized carbons (Fsp3) is 0.200. The van der Waals surface area contributed by atoms with Gasteiger partial charge in [-0.2, -0.15) is 15.8 Å². The number of hydrogen-bond acceptors (Lipinski definition) is 5. The highest BCUT2D eigenvalue weighted by Crippen LogP contribution is 2.22. The summed E-state index contributed by atoms with van der Waals surface area (Å²) in [5, 5.41) is 32.2. The molecule has 0 unspecified atom stereocenters. The van der Waals surface area contributed by atoms with Gasteiger partial charge in [-0.1, -0.05) is 12.1 Å². The van der Waals surface area contributed by atoms with Crippen molar-refractivity contribution in [1.29, 1.82) is 15.8 Å². The van der Waals surface area contributed by atoms with Crippen LogP contribution in [0.15, 0.2) is 35.5 Å². The number of allylic oxidation sites excluding steroid dienone is 2. The number of amides is 1. The van der Waals surface area contributed by atoms with Crippen molar-refractivity contribution in [3.63, 3.8) is 0 Å². The number of hydrogen-bond donors (Lipinski definition) is 2. The van der Waals surface area contributed by atoms with E-state index < -0.39 is 0 Å². The van der Waals surface area contributed by atoms with Gasteiger partial charge in [-0.15, -0.1) is 0 Å². The average molecular weight is 277 g/mol. The van der Waals surface area contributed by atoms with Crippen molar-refractivity contribution in [2.75, 3.05) is 5.32 Å². The number of para-hydroxylation sites is 1. The third-order valence-electron chi connectivity index (χ3n) is 2.93. The molecular formula is C15H11N5O. The summed E-state index contributed by atoms with van der Waals surface area (Å²) >= 11 is 0.